The number of hydrogen-bond acceptors (Lipinski definition) is 2. The lowest BCUT2D eigenvalue weighted by atomic mass is 10.1. The first kappa shape index (κ1) is 11.6. The zero-order chi connectivity index (χ0) is 11.7. The van der Waals surface area contributed by atoms with Crippen LogP contribution in [0.15, 0.2) is 24.3 Å². The Morgan fingerprint density at radius 1 is 1.12 bits per heavy atom. The zero-order valence-electron chi connectivity index (χ0n) is 10.4. The van der Waals surface area contributed by atoms with Crippen molar-refractivity contribution in [1.29, 1.82) is 0 Å². The molecule has 0 saturated carbocycles. The van der Waals surface area contributed by atoms with Gasteiger partial charge in [-0.2, -0.15) is 0 Å². The third-order valence-electron chi connectivity index (χ3n) is 2.86. The summed E-state index contributed by atoms with van der Waals surface area (Å²) in [6, 6.07) is 9.62. The molecule has 0 aliphatic heterocycles. The second-order valence-corrected chi connectivity index (χ2v) is 5.71. The van der Waals surface area contributed by atoms with Crippen molar-refractivity contribution in [3.63, 3.8) is 0 Å². The van der Waals surface area contributed by atoms with E-state index in [-0.39, 0.29) is 0 Å². The van der Waals surface area contributed by atoms with Gasteiger partial charge in [0.2, 0.25) is 0 Å². The van der Waals surface area contributed by atoms with Crippen molar-refractivity contribution in [2.24, 2.45) is 0 Å². The molecule has 86 valence electrons. The van der Waals surface area contributed by atoms with Crippen LogP contribution >= 0.6 is 11.3 Å². The van der Waals surface area contributed by atoms with E-state index in [0.717, 1.165) is 0 Å². The number of aryl methyl sites for hydroxylation is 1. The number of thiophene rings is 1. The molecule has 0 spiro atoms. The largest absolute Gasteiger partial charge is 0.307 e. The van der Waals surface area contributed by atoms with Gasteiger partial charge in [0.05, 0.1) is 0 Å². The molecule has 0 amide bonds. The summed E-state index contributed by atoms with van der Waals surface area (Å²) in [4.78, 5) is 1.47. The average Bonchev–Trinajstić information content (AvgIpc) is 2.56. The molecular weight excluding hydrogens is 214 g/mol. The van der Waals surface area contributed by atoms with Crippen LogP contribution in [0.4, 0.5) is 0 Å². The fourth-order valence-electron chi connectivity index (χ4n) is 2.18. The summed E-state index contributed by atoms with van der Waals surface area (Å²) >= 11 is 1.91. The molecule has 0 fully saturated rings. The van der Waals surface area contributed by atoms with E-state index in [4.69, 9.17) is 0 Å². The fourth-order valence-corrected chi connectivity index (χ4v) is 3.40. The molecule has 2 rings (SSSR count). The average molecular weight is 233 g/mol. The molecule has 0 aliphatic carbocycles. The van der Waals surface area contributed by atoms with Crippen molar-refractivity contribution in [3.8, 4) is 0 Å². The lowest BCUT2D eigenvalue weighted by molar-refractivity contribution is 0.511. The predicted octanol–water partition coefficient (Wildman–Crippen LogP) is 4.27. The molecular formula is C14H19NS. The van der Waals surface area contributed by atoms with Gasteiger partial charge in [-0.1, -0.05) is 32.0 Å². The van der Waals surface area contributed by atoms with Crippen molar-refractivity contribution in [2.75, 3.05) is 0 Å². The highest BCUT2D eigenvalue weighted by Crippen LogP contribution is 2.34. The van der Waals surface area contributed by atoms with E-state index in [9.17, 15) is 0 Å². The normalized spacial score (nSPS) is 13.6. The third-order valence-corrected chi connectivity index (χ3v) is 4.31. The van der Waals surface area contributed by atoms with Crippen molar-refractivity contribution < 1.29 is 0 Å². The molecule has 2 aromatic rings. The van der Waals surface area contributed by atoms with E-state index in [1.807, 2.05) is 11.3 Å². The van der Waals surface area contributed by atoms with E-state index >= 15 is 0 Å². The van der Waals surface area contributed by atoms with Gasteiger partial charge in [-0.15, -0.1) is 11.3 Å². The number of rotatable bonds is 3. The summed E-state index contributed by atoms with van der Waals surface area (Å²) in [6.07, 6.45) is 0. The van der Waals surface area contributed by atoms with Crippen molar-refractivity contribution >= 4 is 21.4 Å². The Kier molecular flexibility index (Phi) is 3.31. The fraction of sp³-hybridized carbons (Fsp3) is 0.429. The van der Waals surface area contributed by atoms with Gasteiger partial charge in [0.25, 0.3) is 0 Å². The number of benzene rings is 1. The van der Waals surface area contributed by atoms with Crippen LogP contribution in [0.2, 0.25) is 0 Å². The molecule has 0 aliphatic rings. The smallest absolute Gasteiger partial charge is 0.0391 e. The molecule has 1 nitrogen and oxygen atoms in total. The highest BCUT2D eigenvalue weighted by molar-refractivity contribution is 7.19. The lowest BCUT2D eigenvalue weighted by Gasteiger charge is -2.16. The standard InChI is InChI=1S/C14H19NS/c1-9(2)15-11(4)14-10(3)12-7-5-6-8-13(12)16-14/h5-9,11,15H,1-4H3. The van der Waals surface area contributed by atoms with Gasteiger partial charge < -0.3 is 5.32 Å². The summed E-state index contributed by atoms with van der Waals surface area (Å²) in [5.74, 6) is 0. The Hall–Kier alpha value is -0.860. The minimum atomic E-state index is 0.442. The first-order valence-electron chi connectivity index (χ1n) is 5.83. The number of nitrogens with one attached hydrogen (secondary N) is 1. The Bertz CT molecular complexity index is 484. The SMILES string of the molecule is Cc1c(C(C)NC(C)C)sc2ccccc12. The van der Waals surface area contributed by atoms with Crippen molar-refractivity contribution in [1.82, 2.24) is 5.32 Å². The first-order chi connectivity index (χ1) is 7.59. The molecule has 1 heterocycles. The minimum absolute atomic E-state index is 0.442. The topological polar surface area (TPSA) is 12.0 Å². The van der Waals surface area contributed by atoms with Gasteiger partial charge in [-0.25, -0.2) is 0 Å². The minimum Gasteiger partial charge on any atom is -0.307 e. The summed E-state index contributed by atoms with van der Waals surface area (Å²) < 4.78 is 1.40. The van der Waals surface area contributed by atoms with Crippen LogP contribution in [0.5, 0.6) is 0 Å². The van der Waals surface area contributed by atoms with Crippen LogP contribution in [0, 0.1) is 6.92 Å². The van der Waals surface area contributed by atoms with Crippen LogP contribution < -0.4 is 5.32 Å². The molecule has 0 radical (unpaired) electrons. The quantitative estimate of drug-likeness (QED) is 0.835. The molecule has 1 N–H and O–H groups in total. The predicted molar refractivity (Wildman–Crippen MR) is 73.2 cm³/mol. The maximum atomic E-state index is 3.57. The van der Waals surface area contributed by atoms with Crippen LogP contribution in [-0.2, 0) is 0 Å². The van der Waals surface area contributed by atoms with Gasteiger partial charge in [-0.3, -0.25) is 0 Å². The third kappa shape index (κ3) is 2.13. The van der Waals surface area contributed by atoms with Crippen LogP contribution in [0.25, 0.3) is 10.1 Å². The lowest BCUT2D eigenvalue weighted by Crippen LogP contribution is -2.25. The van der Waals surface area contributed by atoms with Gasteiger partial charge >= 0.3 is 0 Å². The van der Waals surface area contributed by atoms with Crippen LogP contribution in [0.3, 0.4) is 0 Å². The molecule has 0 saturated heterocycles. The second-order valence-electron chi connectivity index (χ2n) is 4.63. The van der Waals surface area contributed by atoms with Crippen molar-refractivity contribution in [2.45, 2.75) is 39.8 Å². The van der Waals surface area contributed by atoms with Crippen LogP contribution in [-0.4, -0.2) is 6.04 Å². The Labute approximate surface area is 101 Å². The molecule has 0 bridgehead atoms. The Balaban J connectivity index is 2.41. The summed E-state index contributed by atoms with van der Waals surface area (Å²) in [5, 5.41) is 4.97. The summed E-state index contributed by atoms with van der Waals surface area (Å²) in [7, 11) is 0. The Morgan fingerprint density at radius 2 is 1.81 bits per heavy atom. The van der Waals surface area contributed by atoms with Gasteiger partial charge in [0, 0.05) is 21.7 Å². The molecule has 1 unspecified atom stereocenters. The monoisotopic (exact) mass is 233 g/mol. The second kappa shape index (κ2) is 4.56. The summed E-state index contributed by atoms with van der Waals surface area (Å²) in [5.41, 5.74) is 1.43. The molecule has 16 heavy (non-hydrogen) atoms. The maximum absolute atomic E-state index is 3.57. The molecule has 1 aromatic carbocycles. The van der Waals surface area contributed by atoms with E-state index in [2.05, 4.69) is 57.3 Å². The highest BCUT2D eigenvalue weighted by atomic mass is 32.1. The highest BCUT2D eigenvalue weighted by Gasteiger charge is 2.14. The zero-order valence-corrected chi connectivity index (χ0v) is 11.2. The van der Waals surface area contributed by atoms with Gasteiger partial charge in [-0.05, 0) is 30.9 Å². The number of hydrogen-bond donors (Lipinski definition) is 1. The molecule has 2 heteroatoms. The number of fused-ring (bicyclic) bond motifs is 1. The maximum Gasteiger partial charge on any atom is 0.0391 e. The molecule has 1 atom stereocenters. The van der Waals surface area contributed by atoms with E-state index in [0.29, 0.717) is 12.1 Å². The Morgan fingerprint density at radius 3 is 2.44 bits per heavy atom. The molecule has 1 aromatic heterocycles. The van der Waals surface area contributed by atoms with Gasteiger partial charge in [0.1, 0.15) is 0 Å². The van der Waals surface area contributed by atoms with Crippen LogP contribution in [0.1, 0.15) is 37.3 Å². The first-order valence-corrected chi connectivity index (χ1v) is 6.65. The van der Waals surface area contributed by atoms with Gasteiger partial charge in [0.15, 0.2) is 0 Å². The van der Waals surface area contributed by atoms with E-state index < -0.39 is 0 Å². The van der Waals surface area contributed by atoms with E-state index in [1.54, 1.807) is 0 Å². The van der Waals surface area contributed by atoms with Crippen molar-refractivity contribution in [3.05, 3.63) is 34.7 Å². The van der Waals surface area contributed by atoms with E-state index in [1.165, 1.54) is 20.5 Å². The summed E-state index contributed by atoms with van der Waals surface area (Å²) in [6.45, 7) is 8.86.